The second-order valence-corrected chi connectivity index (χ2v) is 5.15. The Labute approximate surface area is 127 Å². The molecule has 0 bridgehead atoms. The summed E-state index contributed by atoms with van der Waals surface area (Å²) in [6.07, 6.45) is 1.50. The Morgan fingerprint density at radius 2 is 2.14 bits per heavy atom. The van der Waals surface area contributed by atoms with E-state index >= 15 is 0 Å². The first kappa shape index (κ1) is 13.4. The number of rotatable bonds is 2. The fraction of sp³-hybridized carbons (Fsp3) is 0. The molecular formula is C14H9BrN4O2. The minimum atomic E-state index is -0.570. The van der Waals surface area contributed by atoms with Gasteiger partial charge in [0.15, 0.2) is 5.69 Å². The highest BCUT2D eigenvalue weighted by molar-refractivity contribution is 9.10. The molecule has 104 valence electrons. The monoisotopic (exact) mass is 344 g/mol. The Morgan fingerprint density at radius 3 is 2.90 bits per heavy atom. The quantitative estimate of drug-likeness (QED) is 0.689. The van der Waals surface area contributed by atoms with Crippen molar-refractivity contribution in [1.82, 2.24) is 9.97 Å². The number of aromatic nitrogens is 2. The summed E-state index contributed by atoms with van der Waals surface area (Å²) < 4.78 is 0.835. The van der Waals surface area contributed by atoms with Crippen LogP contribution in [0.3, 0.4) is 0 Å². The molecule has 21 heavy (non-hydrogen) atoms. The van der Waals surface area contributed by atoms with Crippen LogP contribution < -0.4 is 0 Å². The Bertz CT molecular complexity index is 843. The van der Waals surface area contributed by atoms with Gasteiger partial charge in [0.2, 0.25) is 5.88 Å². The third-order valence-corrected chi connectivity index (χ3v) is 3.33. The summed E-state index contributed by atoms with van der Waals surface area (Å²) in [5.41, 5.74) is 1.12. The van der Waals surface area contributed by atoms with Crippen LogP contribution in [0.4, 0.5) is 5.69 Å². The Balaban J connectivity index is 1.98. The maximum atomic E-state index is 11.8. The minimum absolute atomic E-state index is 0.138. The van der Waals surface area contributed by atoms with Crippen molar-refractivity contribution in [3.63, 3.8) is 0 Å². The van der Waals surface area contributed by atoms with E-state index in [1.54, 1.807) is 30.3 Å². The van der Waals surface area contributed by atoms with Gasteiger partial charge in [-0.25, -0.2) is 0 Å². The highest BCUT2D eigenvalue weighted by Gasteiger charge is 2.12. The van der Waals surface area contributed by atoms with E-state index in [1.165, 1.54) is 6.20 Å². The Kier molecular flexibility index (Phi) is 3.49. The van der Waals surface area contributed by atoms with Gasteiger partial charge >= 0.3 is 5.91 Å². The van der Waals surface area contributed by atoms with Crippen molar-refractivity contribution in [3.05, 3.63) is 52.8 Å². The van der Waals surface area contributed by atoms with Gasteiger partial charge in [-0.05, 0) is 30.3 Å². The molecule has 0 spiro atoms. The van der Waals surface area contributed by atoms with Crippen LogP contribution in [0.5, 0.6) is 5.88 Å². The molecule has 0 aliphatic carbocycles. The predicted molar refractivity (Wildman–Crippen MR) is 80.7 cm³/mol. The molecule has 0 saturated carbocycles. The number of aromatic amines is 1. The van der Waals surface area contributed by atoms with Crippen LogP contribution in [-0.4, -0.2) is 21.0 Å². The topological polar surface area (TPSA) is 90.7 Å². The standard InChI is InChI=1S/C14H9BrN4O2/c15-8-4-5-10-9(7-8)12(14(21)17-10)18-19-13(20)11-3-1-2-6-16-11/h1-7,17,21H. The zero-order valence-electron chi connectivity index (χ0n) is 10.6. The molecule has 2 aromatic heterocycles. The van der Waals surface area contributed by atoms with E-state index in [0.29, 0.717) is 10.9 Å². The molecule has 1 aromatic carbocycles. The van der Waals surface area contributed by atoms with E-state index in [2.05, 4.69) is 36.1 Å². The molecule has 0 radical (unpaired) electrons. The van der Waals surface area contributed by atoms with Crippen molar-refractivity contribution in [2.45, 2.75) is 0 Å². The van der Waals surface area contributed by atoms with E-state index in [4.69, 9.17) is 0 Å². The number of H-pyrrole nitrogens is 1. The van der Waals surface area contributed by atoms with Crippen LogP contribution in [0.1, 0.15) is 10.5 Å². The Morgan fingerprint density at radius 1 is 1.29 bits per heavy atom. The normalized spacial score (nSPS) is 11.3. The number of carbonyl (C=O) groups excluding carboxylic acids is 1. The van der Waals surface area contributed by atoms with Gasteiger partial charge in [-0.3, -0.25) is 9.78 Å². The van der Waals surface area contributed by atoms with Gasteiger partial charge in [-0.1, -0.05) is 22.0 Å². The lowest BCUT2D eigenvalue weighted by molar-refractivity contribution is 0.0990. The van der Waals surface area contributed by atoms with Gasteiger partial charge in [-0.2, -0.15) is 0 Å². The molecular weight excluding hydrogens is 336 g/mol. The first-order valence-corrected chi connectivity index (χ1v) is 6.82. The molecule has 0 aliphatic heterocycles. The first-order chi connectivity index (χ1) is 10.1. The van der Waals surface area contributed by atoms with Gasteiger partial charge in [0, 0.05) is 16.1 Å². The average molecular weight is 345 g/mol. The summed E-state index contributed by atoms with van der Waals surface area (Å²) >= 11 is 3.35. The molecule has 0 unspecified atom stereocenters. The molecule has 0 fully saturated rings. The smallest absolute Gasteiger partial charge is 0.313 e. The van der Waals surface area contributed by atoms with E-state index in [-0.39, 0.29) is 17.3 Å². The lowest BCUT2D eigenvalue weighted by Crippen LogP contribution is -1.96. The summed E-state index contributed by atoms with van der Waals surface area (Å²) in [4.78, 5) is 18.5. The molecule has 1 amide bonds. The molecule has 7 heteroatoms. The number of benzene rings is 1. The number of amides is 1. The fourth-order valence-electron chi connectivity index (χ4n) is 1.87. The summed E-state index contributed by atoms with van der Waals surface area (Å²) in [5.74, 6) is -0.708. The van der Waals surface area contributed by atoms with Gasteiger partial charge in [0.05, 0.1) is 5.52 Å². The molecule has 0 saturated heterocycles. The highest BCUT2D eigenvalue weighted by Crippen LogP contribution is 2.36. The van der Waals surface area contributed by atoms with Crippen LogP contribution in [0.25, 0.3) is 10.9 Å². The van der Waals surface area contributed by atoms with Crippen molar-refractivity contribution in [1.29, 1.82) is 0 Å². The van der Waals surface area contributed by atoms with Gasteiger partial charge in [0.1, 0.15) is 5.69 Å². The van der Waals surface area contributed by atoms with E-state index in [0.717, 1.165) is 4.47 Å². The van der Waals surface area contributed by atoms with Gasteiger partial charge < -0.3 is 10.1 Å². The predicted octanol–water partition coefficient (Wildman–Crippen LogP) is 3.96. The number of fused-ring (bicyclic) bond motifs is 1. The van der Waals surface area contributed by atoms with Crippen LogP contribution in [-0.2, 0) is 0 Å². The number of nitrogens with one attached hydrogen (secondary N) is 1. The number of hydrogen-bond donors (Lipinski definition) is 2. The van der Waals surface area contributed by atoms with Crippen LogP contribution in [0.15, 0.2) is 57.3 Å². The third kappa shape index (κ3) is 2.68. The second kappa shape index (κ2) is 5.45. The van der Waals surface area contributed by atoms with Crippen molar-refractivity contribution >= 4 is 38.4 Å². The largest absolute Gasteiger partial charge is 0.493 e. The van der Waals surface area contributed by atoms with Gasteiger partial charge in [0.25, 0.3) is 0 Å². The Hall–Kier alpha value is -2.54. The van der Waals surface area contributed by atoms with Crippen LogP contribution >= 0.6 is 15.9 Å². The average Bonchev–Trinajstić information content (AvgIpc) is 2.80. The number of nitrogens with zero attached hydrogens (tertiary/aromatic N) is 3. The summed E-state index contributed by atoms with van der Waals surface area (Å²) in [7, 11) is 0. The molecule has 3 rings (SSSR count). The molecule has 2 heterocycles. The number of hydrogen-bond acceptors (Lipinski definition) is 4. The van der Waals surface area contributed by atoms with Crippen molar-refractivity contribution in [2.24, 2.45) is 10.2 Å². The molecule has 3 aromatic rings. The van der Waals surface area contributed by atoms with Crippen molar-refractivity contribution in [2.75, 3.05) is 0 Å². The van der Waals surface area contributed by atoms with Crippen molar-refractivity contribution in [3.8, 4) is 5.88 Å². The summed E-state index contributed by atoms with van der Waals surface area (Å²) in [5, 5.41) is 18.0. The van der Waals surface area contributed by atoms with E-state index in [1.807, 2.05) is 6.07 Å². The number of halogens is 1. The van der Waals surface area contributed by atoms with Crippen LogP contribution in [0.2, 0.25) is 0 Å². The maximum absolute atomic E-state index is 11.8. The zero-order chi connectivity index (χ0) is 14.8. The molecule has 0 atom stereocenters. The minimum Gasteiger partial charge on any atom is -0.493 e. The SMILES string of the molecule is O=C(N=Nc1c(O)[nH]c2ccc(Br)cc12)c1ccccn1. The zero-order valence-corrected chi connectivity index (χ0v) is 12.2. The summed E-state index contributed by atoms with van der Waals surface area (Å²) in [6.45, 7) is 0. The lowest BCUT2D eigenvalue weighted by Gasteiger charge is -1.94. The first-order valence-electron chi connectivity index (χ1n) is 6.02. The highest BCUT2D eigenvalue weighted by atomic mass is 79.9. The fourth-order valence-corrected chi connectivity index (χ4v) is 2.23. The number of carbonyl (C=O) groups is 1. The van der Waals surface area contributed by atoms with Gasteiger partial charge in [-0.15, -0.1) is 10.2 Å². The molecule has 6 nitrogen and oxygen atoms in total. The molecule has 0 aliphatic rings. The van der Waals surface area contributed by atoms with Crippen molar-refractivity contribution < 1.29 is 9.90 Å². The van der Waals surface area contributed by atoms with Crippen LogP contribution in [0, 0.1) is 0 Å². The second-order valence-electron chi connectivity index (χ2n) is 4.23. The number of pyridine rings is 1. The maximum Gasteiger partial charge on any atom is 0.313 e. The third-order valence-electron chi connectivity index (χ3n) is 2.84. The van der Waals surface area contributed by atoms with E-state index in [9.17, 15) is 9.90 Å². The van der Waals surface area contributed by atoms with E-state index < -0.39 is 5.91 Å². The number of aromatic hydroxyl groups is 1. The molecule has 2 N–H and O–H groups in total. The summed E-state index contributed by atoms with van der Waals surface area (Å²) in [6, 6.07) is 10.3. The number of azo groups is 1. The lowest BCUT2D eigenvalue weighted by atomic mass is 10.2.